The molecule has 0 unspecified atom stereocenters. The molecule has 0 spiro atoms. The van der Waals surface area contributed by atoms with Gasteiger partial charge in [0.05, 0.1) is 6.26 Å². The van der Waals surface area contributed by atoms with Crippen LogP contribution >= 0.6 is 0 Å². The van der Waals surface area contributed by atoms with Gasteiger partial charge in [0.1, 0.15) is 0 Å². The van der Waals surface area contributed by atoms with Crippen molar-refractivity contribution in [3.05, 3.63) is 29.8 Å². The number of sulfonamides is 1. The Bertz CT molecular complexity index is 530. The van der Waals surface area contributed by atoms with E-state index in [1.54, 1.807) is 24.3 Å². The minimum absolute atomic E-state index is 0.144. The van der Waals surface area contributed by atoms with Gasteiger partial charge in [0.25, 0.3) is 0 Å². The van der Waals surface area contributed by atoms with Crippen molar-refractivity contribution in [1.82, 2.24) is 0 Å². The van der Waals surface area contributed by atoms with Gasteiger partial charge < -0.3 is 0 Å². The first-order chi connectivity index (χ1) is 8.44. The number of ketones is 1. The molecule has 1 aromatic rings. The summed E-state index contributed by atoms with van der Waals surface area (Å²) in [5.74, 6) is 0.692. The summed E-state index contributed by atoms with van der Waals surface area (Å²) in [4.78, 5) is 11.9. The summed E-state index contributed by atoms with van der Waals surface area (Å²) in [6.07, 6.45) is 5.25. The van der Waals surface area contributed by atoms with Crippen molar-refractivity contribution in [2.24, 2.45) is 5.92 Å². The summed E-state index contributed by atoms with van der Waals surface area (Å²) in [5.41, 5.74) is 1.14. The lowest BCUT2D eigenvalue weighted by Gasteiger charge is -2.24. The molecule has 18 heavy (non-hydrogen) atoms. The molecule has 1 aliphatic carbocycles. The maximum absolute atomic E-state index is 11.9. The van der Waals surface area contributed by atoms with E-state index < -0.39 is 10.0 Å². The van der Waals surface area contributed by atoms with E-state index in [4.69, 9.17) is 0 Å². The third-order valence-corrected chi connectivity index (χ3v) is 3.82. The third kappa shape index (κ3) is 3.57. The monoisotopic (exact) mass is 267 g/mol. The largest absolute Gasteiger partial charge is 0.294 e. The van der Waals surface area contributed by atoms with Gasteiger partial charge in [-0.1, -0.05) is 19.3 Å². The van der Waals surface area contributed by atoms with Crippen LogP contribution < -0.4 is 4.72 Å². The Morgan fingerprint density at radius 2 is 1.89 bits per heavy atom. The van der Waals surface area contributed by atoms with E-state index in [9.17, 15) is 13.2 Å². The zero-order chi connectivity index (χ0) is 13.2. The smallest absolute Gasteiger partial charge is 0.229 e. The second-order valence-corrected chi connectivity index (χ2v) is 6.62. The molecule has 0 radical (unpaired) electrons. The van der Waals surface area contributed by atoms with Crippen LogP contribution in [-0.2, 0) is 10.0 Å². The zero-order valence-corrected chi connectivity index (χ0v) is 11.2. The van der Waals surface area contributed by atoms with Crippen molar-refractivity contribution in [3.63, 3.8) is 0 Å². The summed E-state index contributed by atoms with van der Waals surface area (Å²) in [7, 11) is -3.26. The molecule has 0 aliphatic heterocycles. The molecule has 0 aromatic heterocycles. The molecule has 0 amide bonds. The molecule has 4 nitrogen and oxygen atoms in total. The number of anilines is 1. The third-order valence-electron chi connectivity index (χ3n) is 3.21. The van der Waals surface area contributed by atoms with Crippen molar-refractivity contribution >= 4 is 21.5 Å². The number of carbonyl (C=O) groups is 1. The Balaban J connectivity index is 2.00. The van der Waals surface area contributed by atoms with Gasteiger partial charge in [0, 0.05) is 17.7 Å². The van der Waals surface area contributed by atoms with Gasteiger partial charge in [0.15, 0.2) is 5.78 Å². The van der Waals surface area contributed by atoms with E-state index in [2.05, 4.69) is 4.72 Å². The molecule has 98 valence electrons. The second-order valence-electron chi connectivity index (χ2n) is 4.88. The van der Waals surface area contributed by atoms with Gasteiger partial charge in [-0.2, -0.15) is 0 Å². The highest BCUT2D eigenvalue weighted by Crippen LogP contribution is 2.30. The maximum Gasteiger partial charge on any atom is 0.229 e. The first-order valence-corrected chi connectivity index (χ1v) is 7.94. The fraction of sp³-hybridized carbons (Fsp3) is 0.462. The van der Waals surface area contributed by atoms with E-state index in [0.29, 0.717) is 23.6 Å². The lowest BCUT2D eigenvalue weighted by atomic mass is 9.81. The average Bonchev–Trinajstić information content (AvgIpc) is 2.22. The van der Waals surface area contributed by atoms with Gasteiger partial charge in [0.2, 0.25) is 10.0 Å². The van der Waals surface area contributed by atoms with Crippen LogP contribution in [-0.4, -0.2) is 20.5 Å². The maximum atomic E-state index is 11.9. The molecular formula is C13H17NO3S. The Labute approximate surface area is 107 Å². The summed E-state index contributed by atoms with van der Waals surface area (Å²) in [6.45, 7) is 0. The molecule has 0 atom stereocenters. The fourth-order valence-corrected chi connectivity index (χ4v) is 2.58. The second kappa shape index (κ2) is 5.10. The molecule has 1 aromatic carbocycles. The first kappa shape index (κ1) is 13.1. The fourth-order valence-electron chi connectivity index (χ4n) is 2.02. The summed E-state index contributed by atoms with van der Waals surface area (Å²) >= 11 is 0. The normalized spacial score (nSPS) is 16.1. The van der Waals surface area contributed by atoms with E-state index in [0.717, 1.165) is 19.1 Å². The Hall–Kier alpha value is -1.36. The van der Waals surface area contributed by atoms with Crippen molar-refractivity contribution in [2.45, 2.75) is 25.7 Å². The van der Waals surface area contributed by atoms with E-state index in [1.165, 1.54) is 6.42 Å². The van der Waals surface area contributed by atoms with E-state index in [-0.39, 0.29) is 5.78 Å². The highest BCUT2D eigenvalue weighted by Gasteiger charge is 2.21. The lowest BCUT2D eigenvalue weighted by molar-refractivity contribution is 0.0936. The number of Topliss-reactive ketones (excluding diaryl/α,β-unsaturated/α-hetero) is 1. The van der Waals surface area contributed by atoms with Crippen LogP contribution in [0.5, 0.6) is 0 Å². The quantitative estimate of drug-likeness (QED) is 0.833. The lowest BCUT2D eigenvalue weighted by Crippen LogP contribution is -2.16. The Kier molecular flexibility index (Phi) is 3.71. The molecule has 2 rings (SSSR count). The summed E-state index contributed by atoms with van der Waals surface area (Å²) < 4.78 is 24.4. The highest BCUT2D eigenvalue weighted by atomic mass is 32.2. The van der Waals surface area contributed by atoms with Gasteiger partial charge in [-0.15, -0.1) is 0 Å². The van der Waals surface area contributed by atoms with Gasteiger partial charge >= 0.3 is 0 Å². The number of hydrogen-bond acceptors (Lipinski definition) is 3. The van der Waals surface area contributed by atoms with Gasteiger partial charge in [-0.25, -0.2) is 8.42 Å². The molecule has 1 N–H and O–H groups in total. The summed E-state index contributed by atoms with van der Waals surface area (Å²) in [6, 6.07) is 6.59. The Morgan fingerprint density at radius 1 is 1.28 bits per heavy atom. The molecule has 1 fully saturated rings. The highest BCUT2D eigenvalue weighted by molar-refractivity contribution is 7.92. The Morgan fingerprint density at radius 3 is 2.33 bits per heavy atom. The van der Waals surface area contributed by atoms with Crippen LogP contribution in [0, 0.1) is 5.92 Å². The van der Waals surface area contributed by atoms with Gasteiger partial charge in [-0.3, -0.25) is 9.52 Å². The van der Waals surface area contributed by atoms with Gasteiger partial charge in [-0.05, 0) is 30.2 Å². The van der Waals surface area contributed by atoms with E-state index >= 15 is 0 Å². The van der Waals surface area contributed by atoms with Crippen LogP contribution in [0.2, 0.25) is 0 Å². The number of rotatable bonds is 5. The predicted molar refractivity (Wildman–Crippen MR) is 71.2 cm³/mol. The van der Waals surface area contributed by atoms with Crippen molar-refractivity contribution < 1.29 is 13.2 Å². The molecule has 5 heteroatoms. The van der Waals surface area contributed by atoms with Crippen molar-refractivity contribution in [1.29, 1.82) is 0 Å². The average molecular weight is 267 g/mol. The molecule has 1 aliphatic rings. The van der Waals surface area contributed by atoms with Crippen LogP contribution in [0.3, 0.4) is 0 Å². The van der Waals surface area contributed by atoms with Crippen LogP contribution in [0.15, 0.2) is 24.3 Å². The molecular weight excluding hydrogens is 250 g/mol. The minimum atomic E-state index is -3.26. The number of benzene rings is 1. The number of carbonyl (C=O) groups excluding carboxylic acids is 1. The number of hydrogen-bond donors (Lipinski definition) is 1. The summed E-state index contributed by atoms with van der Waals surface area (Å²) in [5, 5.41) is 0. The van der Waals surface area contributed by atoms with E-state index in [1.807, 2.05) is 0 Å². The predicted octanol–water partition coefficient (Wildman–Crippen LogP) is 2.43. The van der Waals surface area contributed by atoms with Crippen LogP contribution in [0.4, 0.5) is 5.69 Å². The number of nitrogens with one attached hydrogen (secondary N) is 1. The SMILES string of the molecule is CS(=O)(=O)Nc1ccc(C(=O)CC2CCC2)cc1. The molecule has 1 saturated carbocycles. The molecule has 0 bridgehead atoms. The topological polar surface area (TPSA) is 63.2 Å². The standard InChI is InChI=1S/C13H17NO3S/c1-18(16,17)14-12-7-5-11(6-8-12)13(15)9-10-3-2-4-10/h5-8,10,14H,2-4,9H2,1H3. The minimum Gasteiger partial charge on any atom is -0.294 e. The molecule has 0 heterocycles. The molecule has 0 saturated heterocycles. The van der Waals surface area contributed by atoms with Crippen LogP contribution in [0.25, 0.3) is 0 Å². The first-order valence-electron chi connectivity index (χ1n) is 6.05. The zero-order valence-electron chi connectivity index (χ0n) is 10.3. The van der Waals surface area contributed by atoms with Crippen LogP contribution in [0.1, 0.15) is 36.0 Å². The van der Waals surface area contributed by atoms with Crippen molar-refractivity contribution in [3.8, 4) is 0 Å². The van der Waals surface area contributed by atoms with Crippen molar-refractivity contribution in [2.75, 3.05) is 11.0 Å².